The highest BCUT2D eigenvalue weighted by atomic mass is 79.9. The molecule has 5 nitrogen and oxygen atoms in total. The van der Waals surface area contributed by atoms with E-state index in [1.54, 1.807) is 31.2 Å². The van der Waals surface area contributed by atoms with Crippen LogP contribution in [0.3, 0.4) is 0 Å². The highest BCUT2D eigenvalue weighted by Crippen LogP contribution is 2.23. The van der Waals surface area contributed by atoms with Crippen molar-refractivity contribution in [2.24, 2.45) is 0 Å². The van der Waals surface area contributed by atoms with Crippen LogP contribution in [0, 0.1) is 0 Å². The van der Waals surface area contributed by atoms with E-state index in [1.165, 1.54) is 4.90 Å². The van der Waals surface area contributed by atoms with Crippen molar-refractivity contribution in [1.29, 1.82) is 0 Å². The van der Waals surface area contributed by atoms with Gasteiger partial charge in [-0.1, -0.05) is 65.1 Å². The smallest absolute Gasteiger partial charge is 0.261 e. The van der Waals surface area contributed by atoms with E-state index < -0.39 is 6.04 Å². The highest BCUT2D eigenvalue weighted by molar-refractivity contribution is 9.10. The third-order valence-electron chi connectivity index (χ3n) is 4.45. The maximum atomic E-state index is 12.9. The van der Waals surface area contributed by atoms with Crippen LogP contribution < -0.4 is 10.1 Å². The van der Waals surface area contributed by atoms with E-state index in [0.717, 1.165) is 22.9 Å². The molecule has 1 N–H and O–H groups in total. The molecule has 0 aliphatic rings. The monoisotopic (exact) mass is 480 g/mol. The maximum Gasteiger partial charge on any atom is 0.261 e. The number of benzene rings is 2. The molecule has 0 heterocycles. The molecule has 7 heteroatoms. The summed E-state index contributed by atoms with van der Waals surface area (Å²) in [6.07, 6.45) is 1.89. The quantitative estimate of drug-likeness (QED) is 0.495. The Balaban J connectivity index is 2.11. The first-order valence-corrected chi connectivity index (χ1v) is 10.8. The molecule has 2 rings (SSSR count). The predicted molar refractivity (Wildman–Crippen MR) is 119 cm³/mol. The van der Waals surface area contributed by atoms with Crippen LogP contribution in [0.25, 0.3) is 0 Å². The minimum absolute atomic E-state index is 0.179. The third kappa shape index (κ3) is 7.37. The van der Waals surface area contributed by atoms with Gasteiger partial charge in [0, 0.05) is 17.6 Å². The molecule has 1 atom stereocenters. The lowest BCUT2D eigenvalue weighted by molar-refractivity contribution is -0.142. The van der Waals surface area contributed by atoms with Crippen LogP contribution in [0.15, 0.2) is 53.0 Å². The molecule has 2 amide bonds. The predicted octanol–water partition coefficient (Wildman–Crippen LogP) is 4.81. The Labute approximate surface area is 185 Å². The van der Waals surface area contributed by atoms with Gasteiger partial charge >= 0.3 is 0 Å². The molecule has 0 aliphatic carbocycles. The Kier molecular flexibility index (Phi) is 9.48. The minimum Gasteiger partial charge on any atom is -0.482 e. The lowest BCUT2D eigenvalue weighted by atomic mass is 10.1. The number of hydrogen-bond acceptors (Lipinski definition) is 3. The summed E-state index contributed by atoms with van der Waals surface area (Å²) in [5, 5.41) is 3.33. The molecule has 0 spiro atoms. The summed E-state index contributed by atoms with van der Waals surface area (Å²) in [5.41, 5.74) is 0.924. The zero-order chi connectivity index (χ0) is 21.2. The van der Waals surface area contributed by atoms with Crippen molar-refractivity contribution in [2.45, 2.75) is 39.3 Å². The fourth-order valence-electron chi connectivity index (χ4n) is 2.69. The fraction of sp³-hybridized carbons (Fsp3) is 0.364. The highest BCUT2D eigenvalue weighted by Gasteiger charge is 2.26. The Morgan fingerprint density at radius 2 is 1.86 bits per heavy atom. The van der Waals surface area contributed by atoms with Gasteiger partial charge in [-0.05, 0) is 43.2 Å². The molecule has 2 aromatic rings. The summed E-state index contributed by atoms with van der Waals surface area (Å²) in [4.78, 5) is 27.0. The van der Waals surface area contributed by atoms with E-state index >= 15 is 0 Å². The summed E-state index contributed by atoms with van der Waals surface area (Å²) in [7, 11) is 0. The molecule has 0 saturated carbocycles. The number of carbonyl (C=O) groups excluding carboxylic acids is 2. The molecule has 2 aromatic carbocycles. The second-order valence-electron chi connectivity index (χ2n) is 6.69. The number of para-hydroxylation sites is 1. The van der Waals surface area contributed by atoms with Gasteiger partial charge in [-0.2, -0.15) is 0 Å². The number of amides is 2. The molecular weight excluding hydrogens is 456 g/mol. The van der Waals surface area contributed by atoms with Crippen molar-refractivity contribution < 1.29 is 14.3 Å². The first kappa shape index (κ1) is 23.2. The third-order valence-corrected chi connectivity index (χ3v) is 5.29. The molecule has 0 aliphatic heterocycles. The molecule has 29 heavy (non-hydrogen) atoms. The fourth-order valence-corrected chi connectivity index (χ4v) is 3.14. The molecule has 0 radical (unpaired) electrons. The number of hydrogen-bond donors (Lipinski definition) is 1. The summed E-state index contributed by atoms with van der Waals surface area (Å²) < 4.78 is 6.55. The van der Waals surface area contributed by atoms with E-state index in [-0.39, 0.29) is 18.4 Å². The van der Waals surface area contributed by atoms with Crippen molar-refractivity contribution in [3.63, 3.8) is 0 Å². The van der Waals surface area contributed by atoms with Crippen molar-refractivity contribution >= 4 is 39.3 Å². The topological polar surface area (TPSA) is 58.6 Å². The van der Waals surface area contributed by atoms with Gasteiger partial charge in [0.2, 0.25) is 5.91 Å². The van der Waals surface area contributed by atoms with Crippen LogP contribution in [0.1, 0.15) is 32.3 Å². The number of nitrogens with one attached hydrogen (secondary N) is 1. The van der Waals surface area contributed by atoms with Gasteiger partial charge in [-0.3, -0.25) is 9.59 Å². The zero-order valence-electron chi connectivity index (χ0n) is 16.7. The summed E-state index contributed by atoms with van der Waals surface area (Å²) >= 11 is 9.51. The van der Waals surface area contributed by atoms with Gasteiger partial charge in [0.15, 0.2) is 6.61 Å². The van der Waals surface area contributed by atoms with Crippen LogP contribution in [-0.4, -0.2) is 35.9 Å². The molecule has 0 bridgehead atoms. The normalized spacial score (nSPS) is 11.6. The lowest BCUT2D eigenvalue weighted by Crippen LogP contribution is -2.49. The van der Waals surface area contributed by atoms with Gasteiger partial charge in [-0.15, -0.1) is 0 Å². The lowest BCUT2D eigenvalue weighted by Gasteiger charge is -2.29. The number of carbonyl (C=O) groups is 2. The molecular formula is C22H26BrClN2O3. The Bertz CT molecular complexity index is 814. The van der Waals surface area contributed by atoms with Crippen LogP contribution in [0.4, 0.5) is 0 Å². The van der Waals surface area contributed by atoms with Gasteiger partial charge in [0.05, 0.1) is 5.02 Å². The molecule has 0 saturated heterocycles. The average Bonchev–Trinajstić information content (AvgIpc) is 2.72. The Hall–Kier alpha value is -2.05. The van der Waals surface area contributed by atoms with Crippen LogP contribution in [-0.2, 0) is 16.1 Å². The largest absolute Gasteiger partial charge is 0.482 e. The average molecular weight is 482 g/mol. The van der Waals surface area contributed by atoms with E-state index in [9.17, 15) is 9.59 Å². The van der Waals surface area contributed by atoms with Crippen LogP contribution >= 0.6 is 27.5 Å². The van der Waals surface area contributed by atoms with E-state index in [4.69, 9.17) is 16.3 Å². The second-order valence-corrected chi connectivity index (χ2v) is 8.01. The van der Waals surface area contributed by atoms with E-state index in [0.29, 0.717) is 23.9 Å². The minimum atomic E-state index is -0.627. The second kappa shape index (κ2) is 11.8. The van der Waals surface area contributed by atoms with Crippen molar-refractivity contribution in [2.75, 3.05) is 13.2 Å². The van der Waals surface area contributed by atoms with Gasteiger partial charge in [0.25, 0.3) is 5.91 Å². The van der Waals surface area contributed by atoms with E-state index in [2.05, 4.69) is 28.2 Å². The number of ether oxygens (including phenoxy) is 1. The molecule has 0 aromatic heterocycles. The van der Waals surface area contributed by atoms with Crippen LogP contribution in [0.5, 0.6) is 5.75 Å². The number of halogens is 2. The SMILES string of the molecule is CCCCNC(=O)[C@@H](C)N(Cc1ccc(Br)cc1)C(=O)COc1ccccc1Cl. The zero-order valence-corrected chi connectivity index (χ0v) is 19.0. The van der Waals surface area contributed by atoms with Crippen LogP contribution in [0.2, 0.25) is 5.02 Å². The standard InChI is InChI=1S/C22H26BrClN2O3/c1-3-4-13-25-22(28)16(2)26(14-17-9-11-18(23)12-10-17)21(27)15-29-20-8-6-5-7-19(20)24/h5-12,16H,3-4,13-15H2,1-2H3,(H,25,28)/t16-/m1/s1. The molecule has 156 valence electrons. The Morgan fingerprint density at radius 3 is 2.52 bits per heavy atom. The Morgan fingerprint density at radius 1 is 1.17 bits per heavy atom. The first-order valence-electron chi connectivity index (χ1n) is 9.61. The summed E-state index contributed by atoms with van der Waals surface area (Å²) in [5.74, 6) is -0.0289. The van der Waals surface area contributed by atoms with Gasteiger partial charge in [-0.25, -0.2) is 0 Å². The van der Waals surface area contributed by atoms with Crippen molar-refractivity contribution in [3.8, 4) is 5.75 Å². The number of nitrogens with zero attached hydrogens (tertiary/aromatic N) is 1. The first-order chi connectivity index (χ1) is 13.9. The number of unbranched alkanes of at least 4 members (excludes halogenated alkanes) is 1. The molecule has 0 fully saturated rings. The maximum absolute atomic E-state index is 12.9. The summed E-state index contributed by atoms with van der Waals surface area (Å²) in [6.45, 7) is 4.49. The molecule has 0 unspecified atom stereocenters. The van der Waals surface area contributed by atoms with Crippen molar-refractivity contribution in [3.05, 3.63) is 63.6 Å². The van der Waals surface area contributed by atoms with Crippen molar-refractivity contribution in [1.82, 2.24) is 10.2 Å². The number of rotatable bonds is 10. The van der Waals surface area contributed by atoms with Gasteiger partial charge in [0.1, 0.15) is 11.8 Å². The van der Waals surface area contributed by atoms with Gasteiger partial charge < -0.3 is 15.0 Å². The summed E-state index contributed by atoms with van der Waals surface area (Å²) in [6, 6.07) is 14.0. The van der Waals surface area contributed by atoms with E-state index in [1.807, 2.05) is 24.3 Å².